The van der Waals surface area contributed by atoms with Gasteiger partial charge in [-0.15, -0.1) is 0 Å². The highest BCUT2D eigenvalue weighted by atomic mass is 16.5. The predicted octanol–water partition coefficient (Wildman–Crippen LogP) is 4.59. The van der Waals surface area contributed by atoms with Crippen molar-refractivity contribution in [1.29, 1.82) is 0 Å². The van der Waals surface area contributed by atoms with Crippen LogP contribution in [0.3, 0.4) is 0 Å². The molecule has 0 fully saturated rings. The third-order valence-electron chi connectivity index (χ3n) is 3.44. The van der Waals surface area contributed by atoms with Crippen molar-refractivity contribution in [3.63, 3.8) is 0 Å². The van der Waals surface area contributed by atoms with Crippen molar-refractivity contribution in [1.82, 2.24) is 0 Å². The summed E-state index contributed by atoms with van der Waals surface area (Å²) < 4.78 is 5.39. The molecule has 1 unspecified atom stereocenters. The van der Waals surface area contributed by atoms with E-state index in [-0.39, 0.29) is 11.9 Å². The molecular formula is C19H22O2. The van der Waals surface area contributed by atoms with Gasteiger partial charge < -0.3 is 4.74 Å². The maximum atomic E-state index is 12.2. The average molecular weight is 282 g/mol. The lowest BCUT2D eigenvalue weighted by molar-refractivity contribution is -0.135. The van der Waals surface area contributed by atoms with Crippen LogP contribution >= 0.6 is 0 Å². The molecule has 0 aliphatic carbocycles. The summed E-state index contributed by atoms with van der Waals surface area (Å²) in [4.78, 5) is 12.2. The van der Waals surface area contributed by atoms with Crippen LogP contribution in [-0.4, -0.2) is 5.97 Å². The number of para-hydroxylation sites is 1. The van der Waals surface area contributed by atoms with Crippen molar-refractivity contribution < 1.29 is 9.53 Å². The summed E-state index contributed by atoms with van der Waals surface area (Å²) in [6.07, 6.45) is 1.06. The molecule has 0 N–H and O–H groups in total. The van der Waals surface area contributed by atoms with Crippen molar-refractivity contribution in [2.75, 3.05) is 0 Å². The van der Waals surface area contributed by atoms with Gasteiger partial charge in [-0.05, 0) is 42.5 Å². The Balaban J connectivity index is 2.02. The molecule has 2 heteroatoms. The van der Waals surface area contributed by atoms with Gasteiger partial charge in [0.1, 0.15) is 5.75 Å². The van der Waals surface area contributed by atoms with Gasteiger partial charge in [0.05, 0.1) is 5.92 Å². The lowest BCUT2D eigenvalue weighted by atomic mass is 9.97. The van der Waals surface area contributed by atoms with Crippen molar-refractivity contribution in [3.05, 3.63) is 65.7 Å². The fourth-order valence-corrected chi connectivity index (χ4v) is 2.24. The van der Waals surface area contributed by atoms with Gasteiger partial charge in [-0.1, -0.05) is 56.3 Å². The fraction of sp³-hybridized carbons (Fsp3) is 0.316. The quantitative estimate of drug-likeness (QED) is 0.592. The number of benzene rings is 2. The zero-order valence-corrected chi connectivity index (χ0v) is 12.9. The van der Waals surface area contributed by atoms with Crippen LogP contribution in [0.1, 0.15) is 37.8 Å². The van der Waals surface area contributed by atoms with Gasteiger partial charge >= 0.3 is 5.97 Å². The second-order valence-electron chi connectivity index (χ2n) is 5.80. The molecule has 0 saturated heterocycles. The first-order valence-corrected chi connectivity index (χ1v) is 7.42. The van der Waals surface area contributed by atoms with Crippen LogP contribution in [0.15, 0.2) is 54.6 Å². The zero-order valence-electron chi connectivity index (χ0n) is 12.9. The zero-order chi connectivity index (χ0) is 15.2. The fourth-order valence-electron chi connectivity index (χ4n) is 2.24. The smallest absolute Gasteiger partial charge is 0.318 e. The largest absolute Gasteiger partial charge is 0.426 e. The SMILES string of the molecule is CC(C)Cc1ccc(C(C)C(=O)Oc2ccccc2)cc1. The second kappa shape index (κ2) is 7.07. The van der Waals surface area contributed by atoms with Crippen LogP contribution in [-0.2, 0) is 11.2 Å². The van der Waals surface area contributed by atoms with Gasteiger partial charge in [-0.3, -0.25) is 4.79 Å². The van der Waals surface area contributed by atoms with E-state index in [0.29, 0.717) is 11.7 Å². The van der Waals surface area contributed by atoms with E-state index >= 15 is 0 Å². The summed E-state index contributed by atoms with van der Waals surface area (Å²) in [5.41, 5.74) is 2.29. The molecule has 0 radical (unpaired) electrons. The number of rotatable bonds is 5. The van der Waals surface area contributed by atoms with Gasteiger partial charge in [0.15, 0.2) is 0 Å². The van der Waals surface area contributed by atoms with Crippen LogP contribution in [0.2, 0.25) is 0 Å². The third-order valence-corrected chi connectivity index (χ3v) is 3.44. The van der Waals surface area contributed by atoms with E-state index in [2.05, 4.69) is 26.0 Å². The average Bonchev–Trinajstić information content (AvgIpc) is 2.47. The molecule has 1 atom stereocenters. The van der Waals surface area contributed by atoms with Crippen LogP contribution in [0.4, 0.5) is 0 Å². The number of hydrogen-bond donors (Lipinski definition) is 0. The summed E-state index contributed by atoms with van der Waals surface area (Å²) in [6, 6.07) is 17.4. The van der Waals surface area contributed by atoms with E-state index in [0.717, 1.165) is 12.0 Å². The van der Waals surface area contributed by atoms with E-state index in [1.807, 2.05) is 37.3 Å². The molecule has 0 aliphatic rings. The Labute approximate surface area is 126 Å². The molecule has 2 nitrogen and oxygen atoms in total. The molecule has 0 bridgehead atoms. The normalized spacial score (nSPS) is 12.2. The van der Waals surface area contributed by atoms with Crippen molar-refractivity contribution in [2.45, 2.75) is 33.1 Å². The topological polar surface area (TPSA) is 26.3 Å². The molecule has 2 aromatic rings. The molecule has 2 aromatic carbocycles. The number of carbonyl (C=O) groups is 1. The van der Waals surface area contributed by atoms with Crippen molar-refractivity contribution in [3.8, 4) is 5.75 Å². The number of hydrogen-bond acceptors (Lipinski definition) is 2. The molecule has 0 aliphatic heterocycles. The number of ether oxygens (including phenoxy) is 1. The maximum Gasteiger partial charge on any atom is 0.318 e. The monoisotopic (exact) mass is 282 g/mol. The summed E-state index contributed by atoms with van der Waals surface area (Å²) in [5.74, 6) is 0.734. The van der Waals surface area contributed by atoms with Gasteiger partial charge in [-0.25, -0.2) is 0 Å². The second-order valence-corrected chi connectivity index (χ2v) is 5.80. The van der Waals surface area contributed by atoms with Crippen LogP contribution < -0.4 is 4.74 Å². The van der Waals surface area contributed by atoms with Gasteiger partial charge in [-0.2, -0.15) is 0 Å². The van der Waals surface area contributed by atoms with Crippen LogP contribution in [0, 0.1) is 5.92 Å². The highest BCUT2D eigenvalue weighted by Crippen LogP contribution is 2.20. The molecule has 0 spiro atoms. The van der Waals surface area contributed by atoms with E-state index in [9.17, 15) is 4.79 Å². The molecule has 0 aromatic heterocycles. The van der Waals surface area contributed by atoms with Crippen molar-refractivity contribution in [2.24, 2.45) is 5.92 Å². The minimum absolute atomic E-state index is 0.224. The molecule has 2 rings (SSSR count). The van der Waals surface area contributed by atoms with E-state index in [1.54, 1.807) is 12.1 Å². The highest BCUT2D eigenvalue weighted by Gasteiger charge is 2.17. The molecule has 0 saturated carbocycles. The first-order valence-electron chi connectivity index (χ1n) is 7.42. The summed E-state index contributed by atoms with van der Waals surface area (Å²) in [6.45, 7) is 6.28. The van der Waals surface area contributed by atoms with Gasteiger partial charge in [0.2, 0.25) is 0 Å². The van der Waals surface area contributed by atoms with Gasteiger partial charge in [0, 0.05) is 0 Å². The Morgan fingerprint density at radius 2 is 1.57 bits per heavy atom. The molecule has 110 valence electrons. The number of carbonyl (C=O) groups excluding carboxylic acids is 1. The molecular weight excluding hydrogens is 260 g/mol. The van der Waals surface area contributed by atoms with E-state index < -0.39 is 0 Å². The van der Waals surface area contributed by atoms with Gasteiger partial charge in [0.25, 0.3) is 0 Å². The summed E-state index contributed by atoms with van der Waals surface area (Å²) in [7, 11) is 0. The van der Waals surface area contributed by atoms with Crippen LogP contribution in [0.25, 0.3) is 0 Å². The molecule has 21 heavy (non-hydrogen) atoms. The van der Waals surface area contributed by atoms with Crippen LogP contribution in [0.5, 0.6) is 5.75 Å². The first-order chi connectivity index (χ1) is 10.1. The Morgan fingerprint density at radius 3 is 2.14 bits per heavy atom. The summed E-state index contributed by atoms with van der Waals surface area (Å²) in [5, 5.41) is 0. The molecule has 0 heterocycles. The third kappa shape index (κ3) is 4.45. The Kier molecular flexibility index (Phi) is 5.15. The lowest BCUT2D eigenvalue weighted by Gasteiger charge is -2.12. The summed E-state index contributed by atoms with van der Waals surface area (Å²) >= 11 is 0. The Hall–Kier alpha value is -2.09. The minimum atomic E-state index is -0.265. The Morgan fingerprint density at radius 1 is 0.952 bits per heavy atom. The number of esters is 1. The first kappa shape index (κ1) is 15.3. The highest BCUT2D eigenvalue weighted by molar-refractivity contribution is 5.79. The molecule has 0 amide bonds. The standard InChI is InChI=1S/C19H22O2/c1-14(2)13-16-9-11-17(12-10-16)15(3)19(20)21-18-7-5-4-6-8-18/h4-12,14-15H,13H2,1-3H3. The van der Waals surface area contributed by atoms with Crippen molar-refractivity contribution >= 4 is 5.97 Å². The lowest BCUT2D eigenvalue weighted by Crippen LogP contribution is -2.16. The minimum Gasteiger partial charge on any atom is -0.426 e. The predicted molar refractivity (Wildman–Crippen MR) is 85.5 cm³/mol. The van der Waals surface area contributed by atoms with E-state index in [4.69, 9.17) is 4.74 Å². The van der Waals surface area contributed by atoms with E-state index in [1.165, 1.54) is 5.56 Å². The Bertz CT molecular complexity index is 570. The maximum absolute atomic E-state index is 12.2.